The summed E-state index contributed by atoms with van der Waals surface area (Å²) in [7, 11) is 0. The predicted molar refractivity (Wildman–Crippen MR) is 119 cm³/mol. The highest BCUT2D eigenvalue weighted by Crippen LogP contribution is 2.27. The van der Waals surface area contributed by atoms with Crippen LogP contribution in [0.2, 0.25) is 5.02 Å². The second-order valence-corrected chi connectivity index (χ2v) is 8.37. The van der Waals surface area contributed by atoms with Crippen molar-refractivity contribution in [1.29, 1.82) is 0 Å². The van der Waals surface area contributed by atoms with Gasteiger partial charge in [-0.05, 0) is 50.9 Å². The quantitative estimate of drug-likeness (QED) is 0.718. The van der Waals surface area contributed by atoms with Gasteiger partial charge in [0.15, 0.2) is 0 Å². The van der Waals surface area contributed by atoms with Crippen molar-refractivity contribution in [2.75, 3.05) is 39.3 Å². The van der Waals surface area contributed by atoms with Gasteiger partial charge in [-0.2, -0.15) is 0 Å². The number of nitrogens with one attached hydrogen (secondary N) is 2. The van der Waals surface area contributed by atoms with Crippen molar-refractivity contribution in [1.82, 2.24) is 15.5 Å². The molecular formula is C20H32Cl3N3O2. The number of carbonyl (C=O) groups is 1. The Morgan fingerprint density at radius 2 is 2.07 bits per heavy atom. The number of carbonyl (C=O) groups excluding carboxylic acids is 1. The fourth-order valence-corrected chi connectivity index (χ4v) is 4.00. The normalized spacial score (nSPS) is 23.0. The molecule has 0 saturated carbocycles. The second kappa shape index (κ2) is 11.6. The Bertz CT molecular complexity index is 607. The van der Waals surface area contributed by atoms with E-state index in [0.29, 0.717) is 13.2 Å². The summed E-state index contributed by atoms with van der Waals surface area (Å²) in [6, 6.07) is 8.08. The van der Waals surface area contributed by atoms with Crippen LogP contribution in [0, 0.1) is 5.92 Å². The zero-order valence-electron chi connectivity index (χ0n) is 16.6. The number of nitrogens with zero attached hydrogens (tertiary/aromatic N) is 1. The van der Waals surface area contributed by atoms with E-state index in [9.17, 15) is 4.79 Å². The minimum absolute atomic E-state index is 0. The smallest absolute Gasteiger partial charge is 0.224 e. The molecule has 2 unspecified atom stereocenters. The summed E-state index contributed by atoms with van der Waals surface area (Å²) >= 11 is 6.07. The highest BCUT2D eigenvalue weighted by Gasteiger charge is 2.32. The molecule has 2 fully saturated rings. The van der Waals surface area contributed by atoms with E-state index < -0.39 is 0 Å². The average Bonchev–Trinajstić information content (AvgIpc) is 2.63. The van der Waals surface area contributed by atoms with Crippen LogP contribution in [0.4, 0.5) is 0 Å². The summed E-state index contributed by atoms with van der Waals surface area (Å²) in [5.74, 6) is 0.236. The molecule has 1 aromatic carbocycles. The van der Waals surface area contributed by atoms with E-state index in [-0.39, 0.29) is 48.3 Å². The molecule has 1 amide bonds. The summed E-state index contributed by atoms with van der Waals surface area (Å²) in [6.07, 6.45) is 2.03. The van der Waals surface area contributed by atoms with Gasteiger partial charge in [-0.3, -0.25) is 9.69 Å². The third kappa shape index (κ3) is 7.05. The number of rotatable bonds is 5. The molecule has 0 spiro atoms. The Morgan fingerprint density at radius 1 is 1.36 bits per heavy atom. The molecule has 8 heteroatoms. The zero-order chi connectivity index (χ0) is 18.6. The number of benzene rings is 1. The Hall–Kier alpha value is -0.560. The molecule has 2 atom stereocenters. The van der Waals surface area contributed by atoms with Gasteiger partial charge in [0, 0.05) is 31.2 Å². The van der Waals surface area contributed by atoms with Crippen molar-refractivity contribution in [3.05, 3.63) is 34.9 Å². The molecule has 160 valence electrons. The van der Waals surface area contributed by atoms with E-state index >= 15 is 0 Å². The number of morpholine rings is 1. The van der Waals surface area contributed by atoms with Gasteiger partial charge in [0.25, 0.3) is 0 Å². The van der Waals surface area contributed by atoms with Crippen molar-refractivity contribution in [2.45, 2.75) is 38.3 Å². The predicted octanol–water partition coefficient (Wildman–Crippen LogP) is 3.45. The van der Waals surface area contributed by atoms with Crippen molar-refractivity contribution in [3.63, 3.8) is 0 Å². The summed E-state index contributed by atoms with van der Waals surface area (Å²) in [4.78, 5) is 15.0. The molecule has 2 N–H and O–H groups in total. The maximum Gasteiger partial charge on any atom is 0.224 e. The van der Waals surface area contributed by atoms with Gasteiger partial charge in [-0.15, -0.1) is 24.8 Å². The first-order valence-corrected chi connectivity index (χ1v) is 9.94. The Kier molecular flexibility index (Phi) is 10.5. The van der Waals surface area contributed by atoms with Crippen LogP contribution in [-0.4, -0.2) is 55.7 Å². The molecule has 1 aromatic rings. The minimum Gasteiger partial charge on any atom is -0.373 e. The van der Waals surface area contributed by atoms with Gasteiger partial charge in [-0.25, -0.2) is 0 Å². The molecule has 0 aliphatic carbocycles. The molecule has 0 radical (unpaired) electrons. The van der Waals surface area contributed by atoms with Crippen LogP contribution in [0.25, 0.3) is 0 Å². The largest absolute Gasteiger partial charge is 0.373 e. The summed E-state index contributed by atoms with van der Waals surface area (Å²) in [5, 5.41) is 7.24. The van der Waals surface area contributed by atoms with Crippen LogP contribution in [0.5, 0.6) is 0 Å². The molecule has 0 aromatic heterocycles. The van der Waals surface area contributed by atoms with Crippen LogP contribution in [0.1, 0.15) is 38.3 Å². The first kappa shape index (κ1) is 25.5. The molecule has 2 aliphatic rings. The van der Waals surface area contributed by atoms with Crippen molar-refractivity contribution in [3.8, 4) is 0 Å². The number of piperidine rings is 1. The lowest BCUT2D eigenvalue weighted by molar-refractivity contribution is -0.126. The maximum atomic E-state index is 12.6. The van der Waals surface area contributed by atoms with E-state index in [1.54, 1.807) is 0 Å². The molecule has 2 saturated heterocycles. The Morgan fingerprint density at radius 3 is 2.68 bits per heavy atom. The van der Waals surface area contributed by atoms with Gasteiger partial charge in [0.2, 0.25) is 5.91 Å². The van der Waals surface area contributed by atoms with Crippen molar-refractivity contribution < 1.29 is 9.53 Å². The molecular weight excluding hydrogens is 421 g/mol. The zero-order valence-corrected chi connectivity index (χ0v) is 19.0. The molecule has 0 bridgehead atoms. The topological polar surface area (TPSA) is 53.6 Å². The molecule has 5 nitrogen and oxygen atoms in total. The van der Waals surface area contributed by atoms with E-state index in [0.717, 1.165) is 44.0 Å². The van der Waals surface area contributed by atoms with Crippen LogP contribution in [-0.2, 0) is 9.53 Å². The van der Waals surface area contributed by atoms with Crippen molar-refractivity contribution in [2.24, 2.45) is 5.92 Å². The van der Waals surface area contributed by atoms with Gasteiger partial charge >= 0.3 is 0 Å². The Labute approximate surface area is 185 Å². The third-order valence-electron chi connectivity index (χ3n) is 5.29. The molecule has 3 rings (SSSR count). The van der Waals surface area contributed by atoms with Crippen LogP contribution >= 0.6 is 36.4 Å². The number of hydrogen-bond donors (Lipinski definition) is 2. The van der Waals surface area contributed by atoms with E-state index in [2.05, 4.69) is 41.5 Å². The third-order valence-corrected chi connectivity index (χ3v) is 5.54. The number of amides is 1. The van der Waals surface area contributed by atoms with Gasteiger partial charge < -0.3 is 15.4 Å². The molecule has 28 heavy (non-hydrogen) atoms. The monoisotopic (exact) mass is 451 g/mol. The number of halogens is 3. The summed E-state index contributed by atoms with van der Waals surface area (Å²) in [5.41, 5.74) is 0.995. The SMILES string of the molecule is CC1(C)CN(C(CNC(=O)C2CCCNC2)c2ccc(Cl)cc2)CCO1.Cl.Cl. The fraction of sp³-hybridized carbons (Fsp3) is 0.650. The maximum absolute atomic E-state index is 12.6. The summed E-state index contributed by atoms with van der Waals surface area (Å²) in [6.45, 7) is 9.03. The first-order chi connectivity index (χ1) is 12.4. The fourth-order valence-electron chi connectivity index (χ4n) is 3.88. The highest BCUT2D eigenvalue weighted by molar-refractivity contribution is 6.30. The highest BCUT2D eigenvalue weighted by atomic mass is 35.5. The van der Waals surface area contributed by atoms with Gasteiger partial charge in [0.05, 0.1) is 24.2 Å². The number of ether oxygens (including phenoxy) is 1. The van der Waals surface area contributed by atoms with E-state index in [1.807, 2.05) is 12.1 Å². The Balaban J connectivity index is 0.00000196. The molecule has 2 heterocycles. The van der Waals surface area contributed by atoms with Gasteiger partial charge in [-0.1, -0.05) is 23.7 Å². The van der Waals surface area contributed by atoms with Crippen LogP contribution in [0.15, 0.2) is 24.3 Å². The van der Waals surface area contributed by atoms with E-state index in [4.69, 9.17) is 16.3 Å². The average molecular weight is 453 g/mol. The van der Waals surface area contributed by atoms with Crippen LogP contribution in [0.3, 0.4) is 0 Å². The van der Waals surface area contributed by atoms with Crippen molar-refractivity contribution >= 4 is 42.3 Å². The minimum atomic E-state index is -0.180. The lowest BCUT2D eigenvalue weighted by Crippen LogP contribution is -2.52. The standard InChI is InChI=1S/C20H30ClN3O2.2ClH/c1-20(2)14-24(10-11-26-20)18(15-5-7-17(21)8-6-15)13-23-19(25)16-4-3-9-22-12-16;;/h5-8,16,18,22H,3-4,9-14H2,1-2H3,(H,23,25);2*1H. The van der Waals surface area contributed by atoms with E-state index in [1.165, 1.54) is 5.56 Å². The lowest BCUT2D eigenvalue weighted by atomic mass is 9.97. The number of hydrogen-bond acceptors (Lipinski definition) is 4. The van der Waals surface area contributed by atoms with Gasteiger partial charge in [0.1, 0.15) is 0 Å². The summed E-state index contributed by atoms with van der Waals surface area (Å²) < 4.78 is 5.86. The lowest BCUT2D eigenvalue weighted by Gasteiger charge is -2.42. The molecule has 2 aliphatic heterocycles. The first-order valence-electron chi connectivity index (χ1n) is 9.56. The van der Waals surface area contributed by atoms with Crippen LogP contribution < -0.4 is 10.6 Å². The second-order valence-electron chi connectivity index (χ2n) is 7.93.